The van der Waals surface area contributed by atoms with E-state index in [-0.39, 0.29) is 0 Å². The van der Waals surface area contributed by atoms with Gasteiger partial charge in [-0.2, -0.15) is 0 Å². The highest BCUT2D eigenvalue weighted by Crippen LogP contribution is 2.37. The van der Waals surface area contributed by atoms with E-state index >= 15 is 0 Å². The number of thiophene rings is 1. The largest absolute Gasteiger partial charge is 0.345 e. The second kappa shape index (κ2) is 6.57. The molecule has 0 bridgehead atoms. The van der Waals surface area contributed by atoms with Crippen molar-refractivity contribution in [2.75, 3.05) is 11.9 Å². The average Bonchev–Trinajstić information content (AvgIpc) is 3.12. The zero-order chi connectivity index (χ0) is 18.2. The first kappa shape index (κ1) is 16.1. The van der Waals surface area contributed by atoms with Gasteiger partial charge in [-0.1, -0.05) is 66.7 Å². The van der Waals surface area contributed by atoms with Gasteiger partial charge in [-0.05, 0) is 41.5 Å². The van der Waals surface area contributed by atoms with Crippen LogP contribution >= 0.6 is 11.3 Å². The van der Waals surface area contributed by atoms with Crippen LogP contribution in [0.5, 0.6) is 0 Å². The summed E-state index contributed by atoms with van der Waals surface area (Å²) >= 11 is 1.86. The van der Waals surface area contributed by atoms with Crippen molar-refractivity contribution in [2.45, 2.75) is 0 Å². The Balaban J connectivity index is 1.49. The Labute approximate surface area is 163 Å². The van der Waals surface area contributed by atoms with Gasteiger partial charge in [0.1, 0.15) is 0 Å². The first-order valence-corrected chi connectivity index (χ1v) is 9.92. The fourth-order valence-corrected chi connectivity index (χ4v) is 4.72. The van der Waals surface area contributed by atoms with Crippen LogP contribution < -0.4 is 4.90 Å². The van der Waals surface area contributed by atoms with Crippen molar-refractivity contribution < 1.29 is 0 Å². The lowest BCUT2D eigenvalue weighted by molar-refractivity contribution is 1.21. The van der Waals surface area contributed by atoms with Crippen molar-refractivity contribution in [2.24, 2.45) is 0 Å². The van der Waals surface area contributed by atoms with Crippen LogP contribution in [0.1, 0.15) is 0 Å². The Morgan fingerprint density at radius 2 is 1.19 bits per heavy atom. The van der Waals surface area contributed by atoms with Crippen molar-refractivity contribution in [1.82, 2.24) is 0 Å². The summed E-state index contributed by atoms with van der Waals surface area (Å²) in [7, 11) is 2.13. The van der Waals surface area contributed by atoms with Crippen molar-refractivity contribution in [1.29, 1.82) is 0 Å². The molecule has 0 spiro atoms. The van der Waals surface area contributed by atoms with Crippen LogP contribution in [0.15, 0.2) is 97.1 Å². The van der Waals surface area contributed by atoms with E-state index < -0.39 is 0 Å². The van der Waals surface area contributed by atoms with Gasteiger partial charge in [-0.15, -0.1) is 11.3 Å². The molecule has 0 aliphatic rings. The Kier molecular flexibility index (Phi) is 3.92. The SMILES string of the molecule is CN(c1ccc(-c2ccccc2)cc1)c1ccc2c(c1)sc1ccccc12. The maximum Gasteiger partial charge on any atom is 0.0422 e. The second-order valence-corrected chi connectivity index (χ2v) is 7.83. The average molecular weight is 366 g/mol. The Morgan fingerprint density at radius 1 is 0.556 bits per heavy atom. The zero-order valence-electron chi connectivity index (χ0n) is 15.1. The summed E-state index contributed by atoms with van der Waals surface area (Å²) in [6.45, 7) is 0. The smallest absolute Gasteiger partial charge is 0.0422 e. The molecular formula is C25H19NS. The molecule has 0 N–H and O–H groups in total. The fourth-order valence-electron chi connectivity index (χ4n) is 3.58. The highest BCUT2D eigenvalue weighted by atomic mass is 32.1. The van der Waals surface area contributed by atoms with Crippen molar-refractivity contribution >= 4 is 42.9 Å². The van der Waals surface area contributed by atoms with Crippen LogP contribution in [0, 0.1) is 0 Å². The summed E-state index contributed by atoms with van der Waals surface area (Å²) in [6, 6.07) is 34.7. The van der Waals surface area contributed by atoms with Gasteiger partial charge in [0.25, 0.3) is 0 Å². The normalized spacial score (nSPS) is 11.1. The molecule has 1 aromatic heterocycles. The number of nitrogens with zero attached hydrogens (tertiary/aromatic N) is 1. The third-order valence-electron chi connectivity index (χ3n) is 5.11. The molecule has 0 fully saturated rings. The topological polar surface area (TPSA) is 3.24 Å². The first-order chi connectivity index (χ1) is 13.3. The Bertz CT molecular complexity index is 1220. The monoisotopic (exact) mass is 365 g/mol. The standard InChI is InChI=1S/C25H19NS/c1-26(20-13-11-19(12-14-20)18-7-3-2-4-8-18)21-15-16-23-22-9-5-6-10-24(22)27-25(23)17-21/h2-17H,1H3. The van der Waals surface area contributed by atoms with E-state index in [4.69, 9.17) is 0 Å². The van der Waals surface area contributed by atoms with Crippen LogP contribution in [0.3, 0.4) is 0 Å². The lowest BCUT2D eigenvalue weighted by atomic mass is 10.1. The quantitative estimate of drug-likeness (QED) is 0.320. The molecule has 0 aliphatic carbocycles. The summed E-state index contributed by atoms with van der Waals surface area (Å²) < 4.78 is 2.68. The number of fused-ring (bicyclic) bond motifs is 3. The van der Waals surface area contributed by atoms with E-state index in [1.165, 1.54) is 42.7 Å². The number of benzene rings is 4. The summed E-state index contributed by atoms with van der Waals surface area (Å²) in [5.74, 6) is 0. The van der Waals surface area contributed by atoms with Gasteiger partial charge in [0.15, 0.2) is 0 Å². The molecule has 0 amide bonds. The number of hydrogen-bond donors (Lipinski definition) is 0. The Morgan fingerprint density at radius 3 is 2.00 bits per heavy atom. The van der Waals surface area contributed by atoms with Crippen molar-refractivity contribution in [3.05, 3.63) is 97.1 Å². The van der Waals surface area contributed by atoms with Crippen LogP contribution in [0.25, 0.3) is 31.3 Å². The first-order valence-electron chi connectivity index (χ1n) is 9.10. The van der Waals surface area contributed by atoms with Gasteiger partial charge in [0, 0.05) is 38.6 Å². The zero-order valence-corrected chi connectivity index (χ0v) is 15.9. The van der Waals surface area contributed by atoms with E-state index in [2.05, 4.69) is 109 Å². The third-order valence-corrected chi connectivity index (χ3v) is 6.24. The predicted octanol–water partition coefficient (Wildman–Crippen LogP) is 7.49. The molecule has 0 saturated heterocycles. The van der Waals surface area contributed by atoms with Crippen LogP contribution in [-0.2, 0) is 0 Å². The molecule has 0 saturated carbocycles. The molecule has 5 rings (SSSR count). The molecular weight excluding hydrogens is 346 g/mol. The molecule has 0 atom stereocenters. The molecule has 0 aliphatic heterocycles. The number of rotatable bonds is 3. The van der Waals surface area contributed by atoms with Crippen LogP contribution in [0.2, 0.25) is 0 Å². The Hall–Kier alpha value is -3.10. The lowest BCUT2D eigenvalue weighted by Crippen LogP contribution is -2.08. The minimum atomic E-state index is 1.19. The third kappa shape index (κ3) is 2.88. The fraction of sp³-hybridized carbons (Fsp3) is 0.0400. The van der Waals surface area contributed by atoms with Gasteiger partial charge in [-0.3, -0.25) is 0 Å². The number of hydrogen-bond acceptors (Lipinski definition) is 2. The molecule has 27 heavy (non-hydrogen) atoms. The maximum atomic E-state index is 2.30. The number of anilines is 2. The molecule has 2 heteroatoms. The molecule has 1 heterocycles. The van der Waals surface area contributed by atoms with Crippen LogP contribution in [0.4, 0.5) is 11.4 Å². The van der Waals surface area contributed by atoms with Crippen molar-refractivity contribution in [3.8, 4) is 11.1 Å². The van der Waals surface area contributed by atoms with E-state index in [1.54, 1.807) is 0 Å². The van der Waals surface area contributed by atoms with E-state index in [9.17, 15) is 0 Å². The molecule has 4 aromatic carbocycles. The minimum absolute atomic E-state index is 1.19. The summed E-state index contributed by atoms with van der Waals surface area (Å²) in [4.78, 5) is 2.25. The lowest BCUT2D eigenvalue weighted by Gasteiger charge is -2.20. The van der Waals surface area contributed by atoms with Gasteiger partial charge in [-0.25, -0.2) is 0 Å². The van der Waals surface area contributed by atoms with Crippen LogP contribution in [-0.4, -0.2) is 7.05 Å². The predicted molar refractivity (Wildman–Crippen MR) is 119 cm³/mol. The summed E-state index contributed by atoms with van der Waals surface area (Å²) in [6.07, 6.45) is 0. The molecule has 5 aromatic rings. The second-order valence-electron chi connectivity index (χ2n) is 6.75. The van der Waals surface area contributed by atoms with Gasteiger partial charge < -0.3 is 4.90 Å². The van der Waals surface area contributed by atoms with Gasteiger partial charge in [0.05, 0.1) is 0 Å². The summed E-state index contributed by atoms with van der Waals surface area (Å²) in [5.41, 5.74) is 4.89. The molecule has 130 valence electrons. The van der Waals surface area contributed by atoms with Crippen molar-refractivity contribution in [3.63, 3.8) is 0 Å². The van der Waals surface area contributed by atoms with Gasteiger partial charge in [0.2, 0.25) is 0 Å². The summed E-state index contributed by atoms with van der Waals surface area (Å²) in [5, 5.41) is 2.69. The van der Waals surface area contributed by atoms with Gasteiger partial charge >= 0.3 is 0 Å². The molecule has 0 unspecified atom stereocenters. The molecule has 0 radical (unpaired) electrons. The maximum absolute atomic E-state index is 2.30. The minimum Gasteiger partial charge on any atom is -0.345 e. The van der Waals surface area contributed by atoms with E-state index in [0.717, 1.165) is 0 Å². The highest BCUT2D eigenvalue weighted by molar-refractivity contribution is 7.25. The highest BCUT2D eigenvalue weighted by Gasteiger charge is 2.09. The van der Waals surface area contributed by atoms with E-state index in [1.807, 2.05) is 11.3 Å². The molecule has 1 nitrogen and oxygen atoms in total. The van der Waals surface area contributed by atoms with E-state index in [0.29, 0.717) is 0 Å².